The molecule has 4 nitrogen and oxygen atoms in total. The Morgan fingerprint density at radius 1 is 0.767 bits per heavy atom. The number of benzene rings is 2. The van der Waals surface area contributed by atoms with E-state index < -0.39 is 5.92 Å². The molecule has 2 heterocycles. The number of nitrogens with zero attached hydrogens (tertiary/aromatic N) is 2. The van der Waals surface area contributed by atoms with E-state index in [0.29, 0.717) is 11.4 Å². The topological polar surface area (TPSA) is 54.9 Å². The molecular formula is C26H23N3O. The summed E-state index contributed by atoms with van der Waals surface area (Å²) in [4.78, 5) is 22.8. The number of hydrogen-bond donors (Lipinski definition) is 1. The second kappa shape index (κ2) is 9.14. The minimum atomic E-state index is -0.517. The first-order valence-corrected chi connectivity index (χ1v) is 9.97. The van der Waals surface area contributed by atoms with Crippen LogP contribution in [0.5, 0.6) is 0 Å². The molecule has 148 valence electrons. The highest BCUT2D eigenvalue weighted by molar-refractivity contribution is 6.01. The highest BCUT2D eigenvalue weighted by atomic mass is 16.1. The average Bonchev–Trinajstić information content (AvgIpc) is 2.81. The minimum Gasteiger partial charge on any atom is -0.362 e. The molecule has 2 unspecified atom stereocenters. The molecule has 0 aliphatic carbocycles. The lowest BCUT2D eigenvalue weighted by Crippen LogP contribution is -2.28. The van der Waals surface area contributed by atoms with E-state index in [9.17, 15) is 4.79 Å². The van der Waals surface area contributed by atoms with Gasteiger partial charge in [0.05, 0.1) is 17.7 Å². The maximum atomic E-state index is 13.8. The van der Waals surface area contributed by atoms with Gasteiger partial charge in [-0.15, -0.1) is 0 Å². The predicted octanol–water partition coefficient (Wildman–Crippen LogP) is 5.60. The molecule has 4 aromatic rings. The van der Waals surface area contributed by atoms with Crippen LogP contribution < -0.4 is 5.32 Å². The lowest BCUT2D eigenvalue weighted by molar-refractivity contribution is 0.0948. The molecule has 0 aliphatic rings. The van der Waals surface area contributed by atoms with Gasteiger partial charge in [0, 0.05) is 18.0 Å². The smallest absolute Gasteiger partial charge is 0.174 e. The number of carbonyl (C=O) groups excluding carboxylic acids is 1. The second-order valence-electron chi connectivity index (χ2n) is 7.16. The van der Waals surface area contributed by atoms with Crippen molar-refractivity contribution >= 4 is 11.6 Å². The molecular weight excluding hydrogens is 370 g/mol. The van der Waals surface area contributed by atoms with Crippen molar-refractivity contribution in [2.45, 2.75) is 18.9 Å². The van der Waals surface area contributed by atoms with E-state index in [1.54, 1.807) is 12.4 Å². The van der Waals surface area contributed by atoms with Gasteiger partial charge < -0.3 is 5.32 Å². The van der Waals surface area contributed by atoms with Crippen molar-refractivity contribution in [3.8, 4) is 0 Å². The number of nitrogens with one attached hydrogen (secondary N) is 1. The Kier molecular flexibility index (Phi) is 5.95. The molecule has 0 fully saturated rings. The van der Waals surface area contributed by atoms with E-state index >= 15 is 0 Å². The molecule has 0 saturated carbocycles. The van der Waals surface area contributed by atoms with Gasteiger partial charge in [0.15, 0.2) is 5.78 Å². The largest absolute Gasteiger partial charge is 0.362 e. The van der Waals surface area contributed by atoms with E-state index in [1.165, 1.54) is 0 Å². The summed E-state index contributed by atoms with van der Waals surface area (Å²) in [6.07, 6.45) is 3.47. The Morgan fingerprint density at radius 3 is 2.10 bits per heavy atom. The summed E-state index contributed by atoms with van der Waals surface area (Å²) in [5.74, 6) is 0.218. The Labute approximate surface area is 176 Å². The first-order valence-electron chi connectivity index (χ1n) is 9.97. The molecule has 4 heteroatoms. The van der Waals surface area contributed by atoms with E-state index in [1.807, 2.05) is 78.9 Å². The Hall–Kier alpha value is -3.79. The summed E-state index contributed by atoms with van der Waals surface area (Å²) >= 11 is 0. The van der Waals surface area contributed by atoms with E-state index in [2.05, 4.69) is 34.3 Å². The number of aromatic nitrogens is 2. The van der Waals surface area contributed by atoms with Gasteiger partial charge >= 0.3 is 0 Å². The van der Waals surface area contributed by atoms with Crippen molar-refractivity contribution < 1.29 is 4.79 Å². The molecule has 0 spiro atoms. The zero-order valence-electron chi connectivity index (χ0n) is 16.8. The summed E-state index contributed by atoms with van der Waals surface area (Å²) in [7, 11) is 0. The SMILES string of the molecule is Cc1ccccc1C(Nc1ccccn1)C(C(=O)c1ccccc1)c1ccccn1. The fourth-order valence-corrected chi connectivity index (χ4v) is 3.68. The van der Waals surface area contributed by atoms with Gasteiger partial charge in [0.1, 0.15) is 5.82 Å². The number of Topliss-reactive ketones (excluding diaryl/α,β-unsaturated/α-hetero) is 1. The number of rotatable bonds is 7. The van der Waals surface area contributed by atoms with E-state index in [-0.39, 0.29) is 11.8 Å². The third-order valence-corrected chi connectivity index (χ3v) is 5.17. The van der Waals surface area contributed by atoms with Crippen molar-refractivity contribution in [3.05, 3.63) is 126 Å². The Morgan fingerprint density at radius 2 is 1.43 bits per heavy atom. The summed E-state index contributed by atoms with van der Waals surface area (Å²) in [6.45, 7) is 2.06. The maximum absolute atomic E-state index is 13.8. The van der Waals surface area contributed by atoms with Crippen molar-refractivity contribution in [2.75, 3.05) is 5.32 Å². The molecule has 0 radical (unpaired) electrons. The quantitative estimate of drug-likeness (QED) is 0.415. The van der Waals surface area contributed by atoms with Crippen LogP contribution in [-0.4, -0.2) is 15.8 Å². The van der Waals surface area contributed by atoms with Crippen LogP contribution in [0.25, 0.3) is 0 Å². The van der Waals surface area contributed by atoms with Crippen molar-refractivity contribution in [1.29, 1.82) is 0 Å². The van der Waals surface area contributed by atoms with Gasteiger partial charge in [-0.1, -0.05) is 66.7 Å². The van der Waals surface area contributed by atoms with Crippen LogP contribution in [-0.2, 0) is 0 Å². The third kappa shape index (κ3) is 4.28. The minimum absolute atomic E-state index is 0.0194. The van der Waals surface area contributed by atoms with Crippen molar-refractivity contribution in [2.24, 2.45) is 0 Å². The van der Waals surface area contributed by atoms with Crippen LogP contribution in [0.3, 0.4) is 0 Å². The molecule has 0 bridgehead atoms. The van der Waals surface area contributed by atoms with Crippen molar-refractivity contribution in [3.63, 3.8) is 0 Å². The predicted molar refractivity (Wildman–Crippen MR) is 120 cm³/mol. The molecule has 30 heavy (non-hydrogen) atoms. The lowest BCUT2D eigenvalue weighted by atomic mass is 9.82. The second-order valence-corrected chi connectivity index (χ2v) is 7.16. The van der Waals surface area contributed by atoms with Crippen LogP contribution in [0.4, 0.5) is 5.82 Å². The first kappa shape index (κ1) is 19.5. The standard InChI is InChI=1S/C26H23N3O/c1-19-11-5-6-14-21(19)25(29-23-16-8-10-18-28-23)24(22-15-7-9-17-27-22)26(30)20-12-3-2-4-13-20/h2-18,24-25H,1H3,(H,28,29). The Bertz CT molecular complexity index is 1100. The van der Waals surface area contributed by atoms with Crippen LogP contribution in [0.1, 0.15) is 39.1 Å². The normalized spacial score (nSPS) is 12.7. The van der Waals surface area contributed by atoms with Gasteiger partial charge in [-0.3, -0.25) is 9.78 Å². The molecule has 2 aromatic carbocycles. The molecule has 2 aromatic heterocycles. The summed E-state index contributed by atoms with van der Waals surface area (Å²) in [5, 5.41) is 3.51. The Balaban J connectivity index is 1.86. The van der Waals surface area contributed by atoms with Gasteiger partial charge in [-0.25, -0.2) is 4.98 Å². The third-order valence-electron chi connectivity index (χ3n) is 5.17. The number of hydrogen-bond acceptors (Lipinski definition) is 4. The number of carbonyl (C=O) groups is 1. The number of ketones is 1. The van der Waals surface area contributed by atoms with Crippen molar-refractivity contribution in [1.82, 2.24) is 9.97 Å². The zero-order valence-corrected chi connectivity index (χ0v) is 16.8. The van der Waals surface area contributed by atoms with Crippen LogP contribution in [0.15, 0.2) is 103 Å². The lowest BCUT2D eigenvalue weighted by Gasteiger charge is -2.29. The van der Waals surface area contributed by atoms with Crippen LogP contribution in [0.2, 0.25) is 0 Å². The molecule has 0 amide bonds. The molecule has 0 saturated heterocycles. The summed E-state index contributed by atoms with van der Waals surface area (Å²) < 4.78 is 0. The molecule has 1 N–H and O–H groups in total. The van der Waals surface area contributed by atoms with E-state index in [4.69, 9.17) is 0 Å². The highest BCUT2D eigenvalue weighted by Crippen LogP contribution is 2.36. The molecule has 0 aliphatic heterocycles. The fourth-order valence-electron chi connectivity index (χ4n) is 3.68. The first-order chi connectivity index (χ1) is 14.7. The number of pyridine rings is 2. The van der Waals surface area contributed by atoms with Gasteiger partial charge in [0.25, 0.3) is 0 Å². The van der Waals surface area contributed by atoms with E-state index in [0.717, 1.165) is 16.8 Å². The van der Waals surface area contributed by atoms with Gasteiger partial charge in [-0.2, -0.15) is 0 Å². The van der Waals surface area contributed by atoms with Crippen LogP contribution >= 0.6 is 0 Å². The highest BCUT2D eigenvalue weighted by Gasteiger charge is 2.34. The summed E-state index contributed by atoms with van der Waals surface area (Å²) in [6, 6.07) is 28.6. The van der Waals surface area contributed by atoms with Gasteiger partial charge in [0.2, 0.25) is 0 Å². The maximum Gasteiger partial charge on any atom is 0.174 e. The van der Waals surface area contributed by atoms with Gasteiger partial charge in [-0.05, 0) is 42.3 Å². The number of aryl methyl sites for hydroxylation is 1. The van der Waals surface area contributed by atoms with Crippen LogP contribution in [0, 0.1) is 6.92 Å². The fraction of sp³-hybridized carbons (Fsp3) is 0.115. The monoisotopic (exact) mass is 393 g/mol. The average molecular weight is 393 g/mol. The molecule has 4 rings (SSSR count). The number of anilines is 1. The molecule has 2 atom stereocenters. The summed E-state index contributed by atoms with van der Waals surface area (Å²) in [5.41, 5.74) is 3.54. The zero-order chi connectivity index (χ0) is 20.8.